The highest BCUT2D eigenvalue weighted by Gasteiger charge is 2.15. The van der Waals surface area contributed by atoms with Crippen LogP contribution in [0.4, 0.5) is 0 Å². The second-order valence-corrected chi connectivity index (χ2v) is 7.63. The van der Waals surface area contributed by atoms with Crippen LogP contribution in [0.5, 0.6) is 0 Å². The van der Waals surface area contributed by atoms with Gasteiger partial charge in [-0.1, -0.05) is 50.3 Å². The molecule has 0 bridgehead atoms. The number of nitrogens with zero attached hydrogens (tertiary/aromatic N) is 1. The van der Waals surface area contributed by atoms with Crippen molar-refractivity contribution in [3.63, 3.8) is 0 Å². The number of hydrogen-bond donors (Lipinski definition) is 0. The SMILES string of the molecule is CC(=O)SCCCCCCCCCCC(=O)N1CCCCC1. The molecule has 1 aliphatic heterocycles. The number of likely N-dealkylation sites (tertiary alicyclic amines) is 1. The van der Waals surface area contributed by atoms with Gasteiger partial charge in [-0.25, -0.2) is 0 Å². The van der Waals surface area contributed by atoms with Crippen molar-refractivity contribution in [2.45, 2.75) is 84.0 Å². The van der Waals surface area contributed by atoms with Gasteiger partial charge in [0.1, 0.15) is 0 Å². The molecule has 0 unspecified atom stereocenters. The molecule has 3 nitrogen and oxygen atoms in total. The quantitative estimate of drug-likeness (QED) is 0.512. The fraction of sp³-hybridized carbons (Fsp3) is 0.889. The monoisotopic (exact) mass is 327 g/mol. The minimum atomic E-state index is 0.235. The zero-order valence-electron chi connectivity index (χ0n) is 14.3. The highest BCUT2D eigenvalue weighted by molar-refractivity contribution is 8.13. The molecule has 0 aromatic carbocycles. The number of carbonyl (C=O) groups excluding carboxylic acids is 2. The normalized spacial score (nSPS) is 15.0. The number of unbranched alkanes of at least 4 members (excludes halogenated alkanes) is 7. The number of carbonyl (C=O) groups is 2. The summed E-state index contributed by atoms with van der Waals surface area (Å²) < 4.78 is 0. The molecule has 0 aromatic rings. The van der Waals surface area contributed by atoms with Gasteiger partial charge in [-0.2, -0.15) is 0 Å². The van der Waals surface area contributed by atoms with E-state index in [1.165, 1.54) is 69.5 Å². The molecule has 0 atom stereocenters. The van der Waals surface area contributed by atoms with Crippen LogP contribution >= 0.6 is 11.8 Å². The van der Waals surface area contributed by atoms with Gasteiger partial charge in [0, 0.05) is 32.2 Å². The Hall–Kier alpha value is -0.510. The molecule has 1 rings (SSSR count). The van der Waals surface area contributed by atoms with Gasteiger partial charge in [-0.05, 0) is 32.1 Å². The van der Waals surface area contributed by atoms with E-state index in [0.717, 1.165) is 38.1 Å². The average molecular weight is 328 g/mol. The first-order valence-corrected chi connectivity index (χ1v) is 10.1. The van der Waals surface area contributed by atoms with Crippen LogP contribution < -0.4 is 0 Å². The predicted octanol–water partition coefficient (Wildman–Crippen LogP) is 4.79. The number of piperidine rings is 1. The Bertz CT molecular complexity index is 314. The van der Waals surface area contributed by atoms with Crippen LogP contribution in [-0.2, 0) is 9.59 Å². The number of hydrogen-bond acceptors (Lipinski definition) is 3. The molecule has 1 fully saturated rings. The molecule has 22 heavy (non-hydrogen) atoms. The summed E-state index contributed by atoms with van der Waals surface area (Å²) in [7, 11) is 0. The number of amides is 1. The van der Waals surface area contributed by atoms with E-state index in [1.54, 1.807) is 6.92 Å². The highest BCUT2D eigenvalue weighted by atomic mass is 32.2. The van der Waals surface area contributed by atoms with E-state index in [2.05, 4.69) is 4.90 Å². The maximum atomic E-state index is 12.0. The van der Waals surface area contributed by atoms with E-state index in [-0.39, 0.29) is 5.12 Å². The minimum Gasteiger partial charge on any atom is -0.343 e. The topological polar surface area (TPSA) is 37.4 Å². The van der Waals surface area contributed by atoms with Gasteiger partial charge in [0.05, 0.1) is 0 Å². The minimum absolute atomic E-state index is 0.235. The predicted molar refractivity (Wildman–Crippen MR) is 95.1 cm³/mol. The van der Waals surface area contributed by atoms with Crippen LogP contribution in [0.2, 0.25) is 0 Å². The van der Waals surface area contributed by atoms with Gasteiger partial charge in [0.15, 0.2) is 5.12 Å². The van der Waals surface area contributed by atoms with Crippen LogP contribution in [0, 0.1) is 0 Å². The van der Waals surface area contributed by atoms with Crippen molar-refractivity contribution in [1.29, 1.82) is 0 Å². The summed E-state index contributed by atoms with van der Waals surface area (Å²) in [6, 6.07) is 0. The first-order chi connectivity index (χ1) is 10.7. The smallest absolute Gasteiger partial charge is 0.222 e. The molecule has 1 aliphatic rings. The van der Waals surface area contributed by atoms with E-state index in [9.17, 15) is 9.59 Å². The molecule has 0 spiro atoms. The molecule has 1 heterocycles. The Balaban J connectivity index is 1.81. The maximum absolute atomic E-state index is 12.0. The molecule has 4 heteroatoms. The standard InChI is InChI=1S/C18H33NO2S/c1-17(20)22-16-12-7-5-3-2-4-6-9-13-18(21)19-14-10-8-11-15-19/h2-16H2,1H3. The maximum Gasteiger partial charge on any atom is 0.222 e. The van der Waals surface area contributed by atoms with E-state index in [0.29, 0.717) is 5.91 Å². The molecule has 1 saturated heterocycles. The lowest BCUT2D eigenvalue weighted by atomic mass is 10.1. The van der Waals surface area contributed by atoms with Crippen LogP contribution in [0.3, 0.4) is 0 Å². The zero-order valence-corrected chi connectivity index (χ0v) is 15.1. The fourth-order valence-corrected chi connectivity index (χ4v) is 3.59. The molecule has 128 valence electrons. The first kappa shape index (κ1) is 19.5. The highest BCUT2D eigenvalue weighted by Crippen LogP contribution is 2.14. The van der Waals surface area contributed by atoms with Crippen molar-refractivity contribution in [2.24, 2.45) is 0 Å². The molecule has 0 saturated carbocycles. The van der Waals surface area contributed by atoms with Gasteiger partial charge in [0.2, 0.25) is 5.91 Å². The van der Waals surface area contributed by atoms with Crippen molar-refractivity contribution >= 4 is 22.8 Å². The Morgan fingerprint density at radius 1 is 0.818 bits per heavy atom. The lowest BCUT2D eigenvalue weighted by molar-refractivity contribution is -0.132. The van der Waals surface area contributed by atoms with Crippen LogP contribution in [0.25, 0.3) is 0 Å². The molecule has 0 radical (unpaired) electrons. The van der Waals surface area contributed by atoms with Crippen molar-refractivity contribution in [3.05, 3.63) is 0 Å². The second kappa shape index (κ2) is 13.0. The summed E-state index contributed by atoms with van der Waals surface area (Å²) in [4.78, 5) is 24.8. The second-order valence-electron chi connectivity index (χ2n) is 6.36. The van der Waals surface area contributed by atoms with E-state index in [4.69, 9.17) is 0 Å². The molecule has 0 aliphatic carbocycles. The summed E-state index contributed by atoms with van der Waals surface area (Å²) in [5, 5.41) is 0.235. The molecule has 0 aromatic heterocycles. The summed E-state index contributed by atoms with van der Waals surface area (Å²) in [6.45, 7) is 3.61. The van der Waals surface area contributed by atoms with Gasteiger partial charge < -0.3 is 4.90 Å². The van der Waals surface area contributed by atoms with Crippen LogP contribution in [0.15, 0.2) is 0 Å². The lowest BCUT2D eigenvalue weighted by Gasteiger charge is -2.26. The molecule has 0 N–H and O–H groups in total. The molecular formula is C18H33NO2S. The fourth-order valence-electron chi connectivity index (χ4n) is 2.96. The average Bonchev–Trinajstić information content (AvgIpc) is 2.53. The molecule has 1 amide bonds. The van der Waals surface area contributed by atoms with E-state index < -0.39 is 0 Å². The number of thioether (sulfide) groups is 1. The zero-order chi connectivity index (χ0) is 16.0. The van der Waals surface area contributed by atoms with Crippen molar-refractivity contribution < 1.29 is 9.59 Å². The summed E-state index contributed by atoms with van der Waals surface area (Å²) >= 11 is 1.45. The van der Waals surface area contributed by atoms with Gasteiger partial charge in [-0.3, -0.25) is 9.59 Å². The van der Waals surface area contributed by atoms with Crippen LogP contribution in [0.1, 0.15) is 84.0 Å². The van der Waals surface area contributed by atoms with Crippen molar-refractivity contribution in [1.82, 2.24) is 4.90 Å². The summed E-state index contributed by atoms with van der Waals surface area (Å²) in [5.41, 5.74) is 0. The van der Waals surface area contributed by atoms with Gasteiger partial charge in [0.25, 0.3) is 0 Å². The van der Waals surface area contributed by atoms with E-state index >= 15 is 0 Å². The third-order valence-corrected chi connectivity index (χ3v) is 5.20. The summed E-state index contributed by atoms with van der Waals surface area (Å²) in [6.07, 6.45) is 14.2. The Kier molecular flexibility index (Phi) is 11.5. The van der Waals surface area contributed by atoms with Crippen LogP contribution in [-0.4, -0.2) is 34.8 Å². The lowest BCUT2D eigenvalue weighted by Crippen LogP contribution is -2.35. The molecular weight excluding hydrogens is 294 g/mol. The van der Waals surface area contributed by atoms with Crippen molar-refractivity contribution in [3.8, 4) is 0 Å². The van der Waals surface area contributed by atoms with Gasteiger partial charge >= 0.3 is 0 Å². The third-order valence-electron chi connectivity index (χ3n) is 4.30. The number of rotatable bonds is 11. The Morgan fingerprint density at radius 3 is 1.95 bits per heavy atom. The largest absolute Gasteiger partial charge is 0.343 e. The van der Waals surface area contributed by atoms with Crippen molar-refractivity contribution in [2.75, 3.05) is 18.8 Å². The van der Waals surface area contributed by atoms with Gasteiger partial charge in [-0.15, -0.1) is 0 Å². The third kappa shape index (κ3) is 10.3. The Labute approximate surface area is 140 Å². The van der Waals surface area contributed by atoms with E-state index in [1.807, 2.05) is 0 Å². The first-order valence-electron chi connectivity index (χ1n) is 9.11. The summed E-state index contributed by atoms with van der Waals surface area (Å²) in [5.74, 6) is 1.36. The Morgan fingerprint density at radius 2 is 1.36 bits per heavy atom.